The molecule has 0 unspecified atom stereocenters. The summed E-state index contributed by atoms with van der Waals surface area (Å²) in [6.45, 7) is 0. The van der Waals surface area contributed by atoms with Gasteiger partial charge in [-0.2, -0.15) is 0 Å². The molecule has 0 aliphatic rings. The molecule has 0 aromatic heterocycles. The molecule has 2 N–H and O–H groups in total. The third kappa shape index (κ3) is 4.36. The van der Waals surface area contributed by atoms with Gasteiger partial charge in [-0.05, 0) is 36.4 Å². The van der Waals surface area contributed by atoms with E-state index in [1.54, 1.807) is 18.2 Å². The summed E-state index contributed by atoms with van der Waals surface area (Å²) in [5, 5.41) is 0.257. The minimum Gasteiger partial charge on any atom is -0.267 e. The molecule has 0 fully saturated rings. The minimum atomic E-state index is -3.57. The van der Waals surface area contributed by atoms with E-state index in [0.29, 0.717) is 0 Å². The molecular formula is C16H16ClN3O4S. The molecule has 0 aliphatic carbocycles. The van der Waals surface area contributed by atoms with Crippen LogP contribution in [0.5, 0.6) is 0 Å². The molecule has 2 aromatic carbocycles. The first-order chi connectivity index (χ1) is 11.7. The predicted molar refractivity (Wildman–Crippen MR) is 93.7 cm³/mol. The van der Waals surface area contributed by atoms with Gasteiger partial charge in [-0.15, -0.1) is 0 Å². The highest BCUT2D eigenvalue weighted by atomic mass is 35.5. The lowest BCUT2D eigenvalue weighted by Gasteiger charge is -2.12. The van der Waals surface area contributed by atoms with E-state index in [1.165, 1.54) is 44.4 Å². The second kappa shape index (κ2) is 7.64. The van der Waals surface area contributed by atoms with Crippen LogP contribution < -0.4 is 10.9 Å². The van der Waals surface area contributed by atoms with Gasteiger partial charge in [0.1, 0.15) is 0 Å². The second-order valence-corrected chi connectivity index (χ2v) is 7.76. The Morgan fingerprint density at radius 2 is 1.48 bits per heavy atom. The number of hydrogen-bond acceptors (Lipinski definition) is 4. The predicted octanol–water partition coefficient (Wildman–Crippen LogP) is 1.67. The van der Waals surface area contributed by atoms with Crippen LogP contribution in [0, 0.1) is 0 Å². The van der Waals surface area contributed by atoms with E-state index >= 15 is 0 Å². The molecule has 0 spiro atoms. The summed E-state index contributed by atoms with van der Waals surface area (Å²) in [4.78, 5) is 24.1. The molecule has 0 atom stereocenters. The van der Waals surface area contributed by atoms with Crippen LogP contribution in [0.2, 0.25) is 5.02 Å². The molecule has 25 heavy (non-hydrogen) atoms. The van der Waals surface area contributed by atoms with Crippen LogP contribution in [-0.2, 0) is 10.0 Å². The van der Waals surface area contributed by atoms with E-state index < -0.39 is 21.8 Å². The molecule has 9 heteroatoms. The lowest BCUT2D eigenvalue weighted by molar-refractivity contribution is 0.0846. The maximum absolute atomic E-state index is 12.0. The van der Waals surface area contributed by atoms with E-state index in [4.69, 9.17) is 11.6 Å². The lowest BCUT2D eigenvalue weighted by Crippen LogP contribution is -2.41. The van der Waals surface area contributed by atoms with Crippen LogP contribution in [0.25, 0.3) is 0 Å². The maximum Gasteiger partial charge on any atom is 0.271 e. The molecule has 132 valence electrons. The number of sulfonamides is 1. The van der Waals surface area contributed by atoms with Gasteiger partial charge in [0.25, 0.3) is 11.8 Å². The monoisotopic (exact) mass is 381 g/mol. The van der Waals surface area contributed by atoms with Crippen molar-refractivity contribution in [3.05, 3.63) is 64.7 Å². The van der Waals surface area contributed by atoms with Gasteiger partial charge in [0.2, 0.25) is 10.0 Å². The topological polar surface area (TPSA) is 95.6 Å². The molecule has 2 aromatic rings. The average Bonchev–Trinajstić information content (AvgIpc) is 2.59. The molecule has 0 saturated carbocycles. The van der Waals surface area contributed by atoms with Gasteiger partial charge in [0.15, 0.2) is 0 Å². The van der Waals surface area contributed by atoms with Gasteiger partial charge in [-0.1, -0.05) is 23.7 Å². The smallest absolute Gasteiger partial charge is 0.267 e. The van der Waals surface area contributed by atoms with Crippen molar-refractivity contribution in [3.63, 3.8) is 0 Å². The average molecular weight is 382 g/mol. The molecule has 0 saturated heterocycles. The van der Waals surface area contributed by atoms with E-state index in [0.717, 1.165) is 4.31 Å². The number of rotatable bonds is 4. The molecule has 2 rings (SSSR count). The van der Waals surface area contributed by atoms with Crippen molar-refractivity contribution in [2.45, 2.75) is 4.90 Å². The van der Waals surface area contributed by atoms with Gasteiger partial charge < -0.3 is 0 Å². The van der Waals surface area contributed by atoms with E-state index in [9.17, 15) is 18.0 Å². The fraction of sp³-hybridized carbons (Fsp3) is 0.125. The Balaban J connectivity index is 2.05. The van der Waals surface area contributed by atoms with Gasteiger partial charge in [0.05, 0.1) is 15.5 Å². The van der Waals surface area contributed by atoms with E-state index in [2.05, 4.69) is 10.9 Å². The largest absolute Gasteiger partial charge is 0.271 e. The van der Waals surface area contributed by atoms with Crippen LogP contribution in [0.1, 0.15) is 20.7 Å². The van der Waals surface area contributed by atoms with Crippen molar-refractivity contribution in [1.82, 2.24) is 15.2 Å². The number of hydrazine groups is 1. The van der Waals surface area contributed by atoms with Gasteiger partial charge >= 0.3 is 0 Å². The van der Waals surface area contributed by atoms with Crippen molar-refractivity contribution in [1.29, 1.82) is 0 Å². The molecule has 0 heterocycles. The first-order valence-electron chi connectivity index (χ1n) is 7.11. The maximum atomic E-state index is 12.0. The van der Waals surface area contributed by atoms with Crippen LogP contribution in [0.4, 0.5) is 0 Å². The number of carbonyl (C=O) groups is 2. The highest BCUT2D eigenvalue weighted by Gasteiger charge is 2.18. The quantitative estimate of drug-likeness (QED) is 0.787. The molecular weight excluding hydrogens is 366 g/mol. The number of carbonyl (C=O) groups excluding carboxylic acids is 2. The molecule has 0 bridgehead atoms. The van der Waals surface area contributed by atoms with Crippen LogP contribution >= 0.6 is 11.6 Å². The summed E-state index contributed by atoms with van der Waals surface area (Å²) in [6.07, 6.45) is 0. The Bertz CT molecular complexity index is 896. The summed E-state index contributed by atoms with van der Waals surface area (Å²) >= 11 is 5.90. The van der Waals surface area contributed by atoms with Crippen LogP contribution in [0.3, 0.4) is 0 Å². The van der Waals surface area contributed by atoms with Gasteiger partial charge in [-0.3, -0.25) is 20.4 Å². The number of benzene rings is 2. The second-order valence-electron chi connectivity index (χ2n) is 5.20. The van der Waals surface area contributed by atoms with Crippen LogP contribution in [-0.4, -0.2) is 38.6 Å². The van der Waals surface area contributed by atoms with Crippen molar-refractivity contribution in [2.75, 3.05) is 14.1 Å². The highest BCUT2D eigenvalue weighted by Crippen LogP contribution is 2.15. The molecule has 0 radical (unpaired) electrons. The Labute approximate surface area is 150 Å². The lowest BCUT2D eigenvalue weighted by atomic mass is 10.2. The van der Waals surface area contributed by atoms with Crippen molar-refractivity contribution >= 4 is 33.4 Å². The fourth-order valence-electron chi connectivity index (χ4n) is 1.89. The molecule has 0 aliphatic heterocycles. The standard InChI is InChI=1S/C16H16ClN3O4S/c1-20(2)25(23,24)12-9-7-11(8-10-12)15(21)18-19-16(22)13-5-3-4-6-14(13)17/h3-10H,1-2H3,(H,18,21)(H,19,22). The number of amides is 2. The Morgan fingerprint density at radius 1 is 0.920 bits per heavy atom. The summed E-state index contributed by atoms with van der Waals surface area (Å²) in [5.41, 5.74) is 4.91. The van der Waals surface area contributed by atoms with E-state index in [1.807, 2.05) is 0 Å². The Hall–Kier alpha value is -2.42. The number of nitrogens with zero attached hydrogens (tertiary/aromatic N) is 1. The zero-order valence-corrected chi connectivity index (χ0v) is 15.1. The van der Waals surface area contributed by atoms with Crippen LogP contribution in [0.15, 0.2) is 53.4 Å². The third-order valence-corrected chi connectivity index (χ3v) is 5.46. The fourth-order valence-corrected chi connectivity index (χ4v) is 3.01. The Kier molecular flexibility index (Phi) is 5.78. The summed E-state index contributed by atoms with van der Waals surface area (Å²) < 4.78 is 25.0. The van der Waals surface area contributed by atoms with Crippen molar-refractivity contribution < 1.29 is 18.0 Å². The summed E-state index contributed by atoms with van der Waals surface area (Å²) in [7, 11) is -0.735. The number of halogens is 1. The molecule has 7 nitrogen and oxygen atoms in total. The van der Waals surface area contributed by atoms with Crippen molar-refractivity contribution in [2.24, 2.45) is 0 Å². The third-order valence-electron chi connectivity index (χ3n) is 3.30. The number of hydrogen-bond donors (Lipinski definition) is 2. The first-order valence-corrected chi connectivity index (χ1v) is 8.93. The van der Waals surface area contributed by atoms with Gasteiger partial charge in [-0.25, -0.2) is 12.7 Å². The van der Waals surface area contributed by atoms with Gasteiger partial charge in [0, 0.05) is 19.7 Å². The Morgan fingerprint density at radius 3 is 2.04 bits per heavy atom. The van der Waals surface area contributed by atoms with E-state index in [-0.39, 0.29) is 21.0 Å². The normalized spacial score (nSPS) is 11.2. The molecule has 2 amide bonds. The summed E-state index contributed by atoms with van der Waals surface area (Å²) in [6, 6.07) is 11.8. The highest BCUT2D eigenvalue weighted by molar-refractivity contribution is 7.89. The first kappa shape index (κ1) is 18.9. The summed E-state index contributed by atoms with van der Waals surface area (Å²) in [5.74, 6) is -1.15. The number of nitrogens with one attached hydrogen (secondary N) is 2. The minimum absolute atomic E-state index is 0.0640. The zero-order chi connectivity index (χ0) is 18.6. The van der Waals surface area contributed by atoms with Crippen molar-refractivity contribution in [3.8, 4) is 0 Å². The zero-order valence-electron chi connectivity index (χ0n) is 13.5. The SMILES string of the molecule is CN(C)S(=O)(=O)c1ccc(C(=O)NNC(=O)c2ccccc2Cl)cc1.